The number of methoxy groups -OCH3 is 1. The van der Waals surface area contributed by atoms with Crippen molar-refractivity contribution in [2.24, 2.45) is 17.6 Å². The van der Waals surface area contributed by atoms with Gasteiger partial charge < -0.3 is 10.5 Å². The quantitative estimate of drug-likeness (QED) is 0.905. The topological polar surface area (TPSA) is 38.5 Å². The fourth-order valence-corrected chi connectivity index (χ4v) is 3.80. The van der Waals surface area contributed by atoms with Crippen LogP contribution in [-0.2, 0) is 6.54 Å². The highest BCUT2D eigenvalue weighted by Crippen LogP contribution is 2.38. The highest BCUT2D eigenvalue weighted by molar-refractivity contribution is 5.36. The number of aryl methyl sites for hydroxylation is 1. The molecule has 2 N–H and O–H groups in total. The Kier molecular flexibility index (Phi) is 3.50. The van der Waals surface area contributed by atoms with E-state index in [0.717, 1.165) is 30.7 Å². The van der Waals surface area contributed by atoms with Crippen LogP contribution in [0.3, 0.4) is 0 Å². The number of hydrogen-bond acceptors (Lipinski definition) is 3. The van der Waals surface area contributed by atoms with Crippen molar-refractivity contribution in [3.8, 4) is 5.75 Å². The van der Waals surface area contributed by atoms with Crippen LogP contribution < -0.4 is 10.5 Å². The molecule has 0 radical (unpaired) electrons. The van der Waals surface area contributed by atoms with Crippen LogP contribution in [0.25, 0.3) is 0 Å². The molecule has 3 heteroatoms. The number of likely N-dealkylation sites (tertiary alicyclic amines) is 1. The van der Waals surface area contributed by atoms with E-state index in [1.54, 1.807) is 7.11 Å². The lowest BCUT2D eigenvalue weighted by atomic mass is 9.98. The minimum atomic E-state index is 0.425. The number of fused-ring (bicyclic) bond motifs is 1. The van der Waals surface area contributed by atoms with Crippen LogP contribution in [0.1, 0.15) is 24.0 Å². The molecule has 3 nitrogen and oxygen atoms in total. The van der Waals surface area contributed by atoms with Gasteiger partial charge in [0.25, 0.3) is 0 Å². The normalized spacial score (nSPS) is 30.6. The third kappa shape index (κ3) is 2.49. The van der Waals surface area contributed by atoms with Gasteiger partial charge in [-0.25, -0.2) is 0 Å². The van der Waals surface area contributed by atoms with Gasteiger partial charge in [0.2, 0.25) is 0 Å². The second-order valence-corrected chi connectivity index (χ2v) is 6.17. The van der Waals surface area contributed by atoms with E-state index in [4.69, 9.17) is 10.5 Å². The van der Waals surface area contributed by atoms with Gasteiger partial charge in [0.1, 0.15) is 5.75 Å². The average Bonchev–Trinajstić information content (AvgIpc) is 2.92. The zero-order chi connectivity index (χ0) is 13.4. The Balaban J connectivity index is 1.71. The molecule has 2 aliphatic rings. The minimum absolute atomic E-state index is 0.425. The second-order valence-electron chi connectivity index (χ2n) is 6.17. The summed E-state index contributed by atoms with van der Waals surface area (Å²) in [6.45, 7) is 5.49. The third-order valence-corrected chi connectivity index (χ3v) is 4.82. The first kappa shape index (κ1) is 12.9. The van der Waals surface area contributed by atoms with Gasteiger partial charge in [-0.2, -0.15) is 0 Å². The molecule has 3 atom stereocenters. The van der Waals surface area contributed by atoms with Crippen molar-refractivity contribution in [2.45, 2.75) is 32.4 Å². The molecule has 0 amide bonds. The van der Waals surface area contributed by atoms with Crippen LogP contribution in [0.5, 0.6) is 5.75 Å². The molecular formula is C16H24N2O. The van der Waals surface area contributed by atoms with Crippen LogP contribution in [0.4, 0.5) is 0 Å². The zero-order valence-electron chi connectivity index (χ0n) is 11.9. The van der Waals surface area contributed by atoms with Gasteiger partial charge in [-0.3, -0.25) is 4.90 Å². The zero-order valence-corrected chi connectivity index (χ0v) is 11.9. The van der Waals surface area contributed by atoms with Crippen molar-refractivity contribution < 1.29 is 4.74 Å². The molecule has 1 aromatic carbocycles. The summed E-state index contributed by atoms with van der Waals surface area (Å²) in [5.74, 6) is 2.55. The maximum Gasteiger partial charge on any atom is 0.123 e. The van der Waals surface area contributed by atoms with Crippen LogP contribution in [0.2, 0.25) is 0 Å². The number of nitrogens with two attached hydrogens (primary N) is 1. The first-order valence-corrected chi connectivity index (χ1v) is 7.29. The van der Waals surface area contributed by atoms with E-state index >= 15 is 0 Å². The second kappa shape index (κ2) is 5.14. The maximum absolute atomic E-state index is 6.20. The van der Waals surface area contributed by atoms with Crippen LogP contribution >= 0.6 is 0 Å². The summed E-state index contributed by atoms with van der Waals surface area (Å²) >= 11 is 0. The van der Waals surface area contributed by atoms with E-state index in [9.17, 15) is 0 Å². The summed E-state index contributed by atoms with van der Waals surface area (Å²) in [6.07, 6.45) is 2.53. The van der Waals surface area contributed by atoms with Gasteiger partial charge in [0, 0.05) is 31.2 Å². The molecule has 1 aliphatic heterocycles. The summed E-state index contributed by atoms with van der Waals surface area (Å²) in [5, 5.41) is 0. The molecule has 0 spiro atoms. The fraction of sp³-hybridized carbons (Fsp3) is 0.625. The lowest BCUT2D eigenvalue weighted by molar-refractivity contribution is 0.291. The van der Waals surface area contributed by atoms with E-state index in [2.05, 4.69) is 30.0 Å². The molecular weight excluding hydrogens is 236 g/mol. The van der Waals surface area contributed by atoms with Crippen molar-refractivity contribution in [3.63, 3.8) is 0 Å². The Labute approximate surface area is 115 Å². The number of benzene rings is 1. The number of ether oxygens (including phenoxy) is 1. The lowest BCUT2D eigenvalue weighted by Gasteiger charge is -2.20. The van der Waals surface area contributed by atoms with Crippen LogP contribution in [0.15, 0.2) is 18.2 Å². The first-order chi connectivity index (χ1) is 9.17. The number of hydrogen-bond donors (Lipinski definition) is 1. The number of nitrogens with zero attached hydrogens (tertiary/aromatic N) is 1. The average molecular weight is 260 g/mol. The van der Waals surface area contributed by atoms with E-state index in [1.165, 1.54) is 30.5 Å². The Bertz CT molecular complexity index is 460. The van der Waals surface area contributed by atoms with Crippen LogP contribution in [0, 0.1) is 18.8 Å². The Morgan fingerprint density at radius 1 is 1.32 bits per heavy atom. The van der Waals surface area contributed by atoms with Gasteiger partial charge in [-0.1, -0.05) is 17.7 Å². The van der Waals surface area contributed by atoms with Crippen molar-refractivity contribution in [1.29, 1.82) is 0 Å². The van der Waals surface area contributed by atoms with E-state index in [-0.39, 0.29) is 0 Å². The highest BCUT2D eigenvalue weighted by Gasteiger charge is 2.40. The Morgan fingerprint density at radius 2 is 2.16 bits per heavy atom. The monoisotopic (exact) mass is 260 g/mol. The Hall–Kier alpha value is -1.06. The third-order valence-electron chi connectivity index (χ3n) is 4.82. The van der Waals surface area contributed by atoms with E-state index < -0.39 is 0 Å². The van der Waals surface area contributed by atoms with Crippen LogP contribution in [-0.4, -0.2) is 31.1 Å². The molecule has 1 aromatic rings. The van der Waals surface area contributed by atoms with Gasteiger partial charge in [0.05, 0.1) is 7.11 Å². The smallest absolute Gasteiger partial charge is 0.123 e. The molecule has 0 aromatic heterocycles. The standard InChI is InChI=1S/C16H24N2O/c1-11-3-6-16(19-2)13(7-11)9-18-8-12-4-5-15(17)14(12)10-18/h3,6-7,12,14-15H,4-5,8-10,17H2,1-2H3. The predicted octanol–water partition coefficient (Wildman–Crippen LogP) is 2.17. The van der Waals surface area contributed by atoms with Crippen molar-refractivity contribution >= 4 is 0 Å². The molecule has 1 saturated heterocycles. The molecule has 2 fully saturated rings. The lowest BCUT2D eigenvalue weighted by Crippen LogP contribution is -2.30. The van der Waals surface area contributed by atoms with Gasteiger partial charge in [-0.15, -0.1) is 0 Å². The molecule has 1 saturated carbocycles. The molecule has 3 unspecified atom stereocenters. The summed E-state index contributed by atoms with van der Waals surface area (Å²) in [5.41, 5.74) is 8.80. The highest BCUT2D eigenvalue weighted by atomic mass is 16.5. The summed E-state index contributed by atoms with van der Waals surface area (Å²) in [6, 6.07) is 6.85. The molecule has 19 heavy (non-hydrogen) atoms. The minimum Gasteiger partial charge on any atom is -0.496 e. The summed E-state index contributed by atoms with van der Waals surface area (Å²) in [4.78, 5) is 2.55. The Morgan fingerprint density at radius 3 is 2.89 bits per heavy atom. The molecule has 104 valence electrons. The maximum atomic E-state index is 6.20. The van der Waals surface area contributed by atoms with Crippen molar-refractivity contribution in [1.82, 2.24) is 4.90 Å². The van der Waals surface area contributed by atoms with Gasteiger partial charge in [-0.05, 0) is 37.7 Å². The van der Waals surface area contributed by atoms with E-state index in [0.29, 0.717) is 6.04 Å². The number of rotatable bonds is 3. The molecule has 3 rings (SSSR count). The summed E-state index contributed by atoms with van der Waals surface area (Å²) < 4.78 is 5.47. The van der Waals surface area contributed by atoms with Gasteiger partial charge >= 0.3 is 0 Å². The molecule has 1 heterocycles. The summed E-state index contributed by atoms with van der Waals surface area (Å²) in [7, 11) is 1.75. The fourth-order valence-electron chi connectivity index (χ4n) is 3.80. The van der Waals surface area contributed by atoms with E-state index in [1.807, 2.05) is 0 Å². The van der Waals surface area contributed by atoms with Crippen molar-refractivity contribution in [3.05, 3.63) is 29.3 Å². The van der Waals surface area contributed by atoms with Crippen molar-refractivity contribution in [2.75, 3.05) is 20.2 Å². The largest absolute Gasteiger partial charge is 0.496 e. The first-order valence-electron chi connectivity index (χ1n) is 7.29. The predicted molar refractivity (Wildman–Crippen MR) is 77.2 cm³/mol. The SMILES string of the molecule is COc1ccc(C)cc1CN1CC2CCC(N)C2C1. The van der Waals surface area contributed by atoms with Gasteiger partial charge in [0.15, 0.2) is 0 Å². The molecule has 0 bridgehead atoms. The molecule has 1 aliphatic carbocycles.